The van der Waals surface area contributed by atoms with E-state index in [0.29, 0.717) is 23.4 Å². The van der Waals surface area contributed by atoms with Gasteiger partial charge in [-0.2, -0.15) is 0 Å². The van der Waals surface area contributed by atoms with Crippen LogP contribution in [-0.4, -0.2) is 17.7 Å². The molecule has 4 nitrogen and oxygen atoms in total. The van der Waals surface area contributed by atoms with Gasteiger partial charge in [-0.3, -0.25) is 0 Å². The normalized spacial score (nSPS) is 14.3. The summed E-state index contributed by atoms with van der Waals surface area (Å²) in [4.78, 5) is 33.5. The summed E-state index contributed by atoms with van der Waals surface area (Å²) < 4.78 is 4.59. The van der Waals surface area contributed by atoms with Gasteiger partial charge in [-0.1, -0.05) is 64.2 Å². The monoisotopic (exact) mass is 350 g/mol. The summed E-state index contributed by atoms with van der Waals surface area (Å²) in [6.07, 6.45) is 15.9. The first kappa shape index (κ1) is 21.6. The number of unbranched alkanes of at least 4 members (excludes halogenated alkanes) is 11. The molecule has 142 valence electrons. The molecule has 1 aliphatic heterocycles. The largest absolute Gasteiger partial charge is 0.386 e. The SMILES string of the molecule is CC(=O)CCCCCCCCCCCCCCC1=C(C)C(=O)OC1=O. The van der Waals surface area contributed by atoms with E-state index < -0.39 is 11.9 Å². The standard InChI is InChI=1S/C21H34O4/c1-17(22)15-13-11-9-7-5-3-4-6-8-10-12-14-16-19-18(2)20(23)25-21(19)24/h3-16H2,1-2H3. The first-order valence-electron chi connectivity index (χ1n) is 9.98. The molecule has 1 heterocycles. The molecule has 0 fully saturated rings. The third-order valence-corrected chi connectivity index (χ3v) is 4.90. The molecule has 0 radical (unpaired) electrons. The van der Waals surface area contributed by atoms with Crippen LogP contribution in [0.25, 0.3) is 0 Å². The van der Waals surface area contributed by atoms with Gasteiger partial charge in [0.2, 0.25) is 0 Å². The predicted molar refractivity (Wildman–Crippen MR) is 99.1 cm³/mol. The van der Waals surface area contributed by atoms with E-state index in [1.807, 2.05) is 0 Å². The van der Waals surface area contributed by atoms with Crippen LogP contribution in [0, 0.1) is 0 Å². The third kappa shape index (κ3) is 9.57. The minimum atomic E-state index is -0.473. The van der Waals surface area contributed by atoms with Gasteiger partial charge in [0.05, 0.1) is 0 Å². The second-order valence-electron chi connectivity index (χ2n) is 7.23. The van der Waals surface area contributed by atoms with Crippen LogP contribution in [0.15, 0.2) is 11.1 Å². The lowest BCUT2D eigenvalue weighted by Crippen LogP contribution is -2.01. The fourth-order valence-corrected chi connectivity index (χ4v) is 3.23. The lowest BCUT2D eigenvalue weighted by atomic mass is 10.0. The van der Waals surface area contributed by atoms with E-state index >= 15 is 0 Å². The zero-order valence-electron chi connectivity index (χ0n) is 16.0. The summed E-state index contributed by atoms with van der Waals surface area (Å²) in [6, 6.07) is 0. The molecule has 0 aromatic rings. The molecule has 1 rings (SSSR count). The molecule has 0 amide bonds. The van der Waals surface area contributed by atoms with E-state index in [-0.39, 0.29) is 0 Å². The van der Waals surface area contributed by atoms with Crippen molar-refractivity contribution in [3.63, 3.8) is 0 Å². The summed E-state index contributed by atoms with van der Waals surface area (Å²) in [6.45, 7) is 3.34. The highest BCUT2D eigenvalue weighted by Crippen LogP contribution is 2.22. The topological polar surface area (TPSA) is 60.4 Å². The lowest BCUT2D eigenvalue weighted by molar-refractivity contribution is -0.151. The molecule has 4 heteroatoms. The summed E-state index contributed by atoms with van der Waals surface area (Å²) in [7, 11) is 0. The number of Topliss-reactive ketones (excluding diaryl/α,β-unsaturated/α-hetero) is 1. The van der Waals surface area contributed by atoms with Gasteiger partial charge in [-0.15, -0.1) is 0 Å². The van der Waals surface area contributed by atoms with Crippen molar-refractivity contribution in [1.29, 1.82) is 0 Å². The maximum Gasteiger partial charge on any atom is 0.342 e. The quantitative estimate of drug-likeness (QED) is 0.224. The van der Waals surface area contributed by atoms with E-state index in [9.17, 15) is 14.4 Å². The molecule has 0 N–H and O–H groups in total. The lowest BCUT2D eigenvalue weighted by Gasteiger charge is -2.03. The highest BCUT2D eigenvalue weighted by molar-refractivity contribution is 6.11. The Morgan fingerprint density at radius 2 is 1.16 bits per heavy atom. The highest BCUT2D eigenvalue weighted by atomic mass is 16.6. The van der Waals surface area contributed by atoms with E-state index in [4.69, 9.17) is 0 Å². The van der Waals surface area contributed by atoms with Gasteiger partial charge in [0.1, 0.15) is 5.78 Å². The third-order valence-electron chi connectivity index (χ3n) is 4.90. The number of cyclic esters (lactones) is 2. The number of rotatable bonds is 15. The Labute approximate surface area is 152 Å². The van der Waals surface area contributed by atoms with Crippen molar-refractivity contribution in [3.8, 4) is 0 Å². The summed E-state index contributed by atoms with van der Waals surface area (Å²) in [5.41, 5.74) is 1.07. The zero-order chi connectivity index (χ0) is 18.5. The van der Waals surface area contributed by atoms with E-state index in [1.165, 1.54) is 57.8 Å². The first-order valence-corrected chi connectivity index (χ1v) is 9.98. The molecule has 0 saturated heterocycles. The predicted octanol–water partition coefficient (Wildman–Crippen LogP) is 5.44. The van der Waals surface area contributed by atoms with Crippen molar-refractivity contribution in [3.05, 3.63) is 11.1 Å². The van der Waals surface area contributed by atoms with Crippen molar-refractivity contribution in [2.75, 3.05) is 0 Å². The van der Waals surface area contributed by atoms with E-state index in [2.05, 4.69) is 4.74 Å². The molecule has 0 aliphatic carbocycles. The average molecular weight is 350 g/mol. The second-order valence-corrected chi connectivity index (χ2v) is 7.23. The van der Waals surface area contributed by atoms with Gasteiger partial charge >= 0.3 is 11.9 Å². The maximum atomic E-state index is 11.5. The molecular formula is C21H34O4. The minimum Gasteiger partial charge on any atom is -0.386 e. The molecule has 25 heavy (non-hydrogen) atoms. The van der Waals surface area contributed by atoms with Gasteiger partial charge in [0.25, 0.3) is 0 Å². The van der Waals surface area contributed by atoms with Gasteiger partial charge in [-0.25, -0.2) is 9.59 Å². The van der Waals surface area contributed by atoms with Crippen LogP contribution in [0.4, 0.5) is 0 Å². The molecule has 0 unspecified atom stereocenters. The maximum absolute atomic E-state index is 11.5. The highest BCUT2D eigenvalue weighted by Gasteiger charge is 2.28. The number of ether oxygens (including phenoxy) is 1. The summed E-state index contributed by atoms with van der Waals surface area (Å²) in [5, 5.41) is 0. The van der Waals surface area contributed by atoms with Crippen LogP contribution in [0.2, 0.25) is 0 Å². The molecule has 0 saturated carbocycles. The summed E-state index contributed by atoms with van der Waals surface area (Å²) >= 11 is 0. The number of carbonyl (C=O) groups excluding carboxylic acids is 3. The number of hydrogen-bond donors (Lipinski definition) is 0. The fraction of sp³-hybridized carbons (Fsp3) is 0.762. The first-order chi connectivity index (χ1) is 12.0. The average Bonchev–Trinajstić information content (AvgIpc) is 2.80. The molecule has 0 spiro atoms. The minimum absolute atomic E-state index is 0.309. The Balaban J connectivity index is 1.84. The second kappa shape index (κ2) is 12.8. The van der Waals surface area contributed by atoms with E-state index in [1.54, 1.807) is 13.8 Å². The molecule has 0 aromatic carbocycles. The van der Waals surface area contributed by atoms with Crippen LogP contribution in [0.1, 0.15) is 104 Å². The van der Waals surface area contributed by atoms with Crippen molar-refractivity contribution in [2.45, 2.75) is 104 Å². The Morgan fingerprint density at radius 1 is 0.720 bits per heavy atom. The fourth-order valence-electron chi connectivity index (χ4n) is 3.23. The van der Waals surface area contributed by atoms with Crippen LogP contribution >= 0.6 is 0 Å². The number of esters is 2. The van der Waals surface area contributed by atoms with Crippen molar-refractivity contribution in [2.24, 2.45) is 0 Å². The van der Waals surface area contributed by atoms with Crippen molar-refractivity contribution in [1.82, 2.24) is 0 Å². The Bertz CT molecular complexity index is 476. The van der Waals surface area contributed by atoms with Crippen LogP contribution in [0.3, 0.4) is 0 Å². The van der Waals surface area contributed by atoms with E-state index in [0.717, 1.165) is 25.7 Å². The molecule has 1 aliphatic rings. The van der Waals surface area contributed by atoms with Crippen LogP contribution < -0.4 is 0 Å². The van der Waals surface area contributed by atoms with Gasteiger partial charge in [0.15, 0.2) is 0 Å². The van der Waals surface area contributed by atoms with Crippen LogP contribution in [-0.2, 0) is 19.1 Å². The van der Waals surface area contributed by atoms with Gasteiger partial charge < -0.3 is 9.53 Å². The smallest absolute Gasteiger partial charge is 0.342 e. The van der Waals surface area contributed by atoms with Crippen LogP contribution in [0.5, 0.6) is 0 Å². The zero-order valence-corrected chi connectivity index (χ0v) is 16.0. The molecular weight excluding hydrogens is 316 g/mol. The number of hydrogen-bond acceptors (Lipinski definition) is 4. The number of ketones is 1. The van der Waals surface area contributed by atoms with Gasteiger partial charge in [0, 0.05) is 17.6 Å². The van der Waals surface area contributed by atoms with Crippen molar-refractivity contribution < 1.29 is 19.1 Å². The molecule has 0 bridgehead atoms. The van der Waals surface area contributed by atoms with Crippen molar-refractivity contribution >= 4 is 17.7 Å². The Hall–Kier alpha value is -1.45. The Morgan fingerprint density at radius 3 is 1.56 bits per heavy atom. The Kier molecular flexibility index (Phi) is 11.1. The molecule has 0 atom stereocenters. The molecule has 0 aromatic heterocycles. The number of carbonyl (C=O) groups is 3. The van der Waals surface area contributed by atoms with Gasteiger partial charge in [-0.05, 0) is 33.1 Å². The summed E-state index contributed by atoms with van der Waals surface area (Å²) in [5.74, 6) is -0.605.